The number of hydrogen-bond acceptors (Lipinski definition) is 4. The Balaban J connectivity index is 1.90. The Morgan fingerprint density at radius 2 is 2.00 bits per heavy atom. The number of nitrogens with one attached hydrogen (secondary N) is 1. The van der Waals surface area contributed by atoms with Gasteiger partial charge in [-0.05, 0) is 6.07 Å². The molecule has 4 heteroatoms. The van der Waals surface area contributed by atoms with Crippen molar-refractivity contribution in [3.8, 4) is 10.6 Å². The van der Waals surface area contributed by atoms with E-state index in [0.717, 1.165) is 17.2 Å². The predicted octanol–water partition coefficient (Wildman–Crippen LogP) is 4.52. The summed E-state index contributed by atoms with van der Waals surface area (Å²) in [7, 11) is 0. The van der Waals surface area contributed by atoms with Gasteiger partial charge in [-0.3, -0.25) is 0 Å². The van der Waals surface area contributed by atoms with Crippen LogP contribution in [0.4, 0.5) is 0 Å². The van der Waals surface area contributed by atoms with Crippen molar-refractivity contribution in [3.63, 3.8) is 0 Å². The maximum atomic E-state index is 4.74. The third-order valence-corrected chi connectivity index (χ3v) is 4.84. The maximum Gasteiger partial charge on any atom is 0.125 e. The topological polar surface area (TPSA) is 24.9 Å². The van der Waals surface area contributed by atoms with Crippen molar-refractivity contribution >= 4 is 32.8 Å². The van der Waals surface area contributed by atoms with E-state index in [1.54, 1.807) is 22.7 Å². The molecule has 0 saturated heterocycles. The van der Waals surface area contributed by atoms with Crippen LogP contribution in [0.5, 0.6) is 0 Å². The first-order chi connectivity index (χ1) is 9.24. The molecule has 1 aromatic carbocycles. The molecular weight excluding hydrogens is 272 g/mol. The summed E-state index contributed by atoms with van der Waals surface area (Å²) in [5, 5.41) is 10.2. The lowest BCUT2D eigenvalue weighted by Crippen LogP contribution is -2.21. The summed E-state index contributed by atoms with van der Waals surface area (Å²) in [6.45, 7) is 5.15. The number of thiophene rings is 1. The van der Waals surface area contributed by atoms with E-state index in [4.69, 9.17) is 4.98 Å². The standard InChI is InChI=1S/C15H16N2S2/c1-10(2)16-7-11-8-19-15(17-11)13-9-18-14-6-4-3-5-12(13)14/h3-6,8-10,16H,7H2,1-2H3. The highest BCUT2D eigenvalue weighted by molar-refractivity contribution is 7.18. The highest BCUT2D eigenvalue weighted by Crippen LogP contribution is 2.35. The van der Waals surface area contributed by atoms with Crippen molar-refractivity contribution in [2.75, 3.05) is 0 Å². The van der Waals surface area contributed by atoms with Gasteiger partial charge >= 0.3 is 0 Å². The van der Waals surface area contributed by atoms with Crippen LogP contribution in [0.25, 0.3) is 20.7 Å². The summed E-state index contributed by atoms with van der Waals surface area (Å²) in [6, 6.07) is 9.01. The third kappa shape index (κ3) is 2.71. The lowest BCUT2D eigenvalue weighted by Gasteiger charge is -2.04. The van der Waals surface area contributed by atoms with Crippen LogP contribution in [-0.2, 0) is 6.54 Å². The second-order valence-corrected chi connectivity index (χ2v) is 6.59. The van der Waals surface area contributed by atoms with Gasteiger partial charge in [-0.2, -0.15) is 0 Å². The van der Waals surface area contributed by atoms with E-state index in [2.05, 4.69) is 54.2 Å². The van der Waals surface area contributed by atoms with Crippen molar-refractivity contribution in [2.45, 2.75) is 26.4 Å². The highest BCUT2D eigenvalue weighted by atomic mass is 32.1. The molecule has 0 amide bonds. The fourth-order valence-electron chi connectivity index (χ4n) is 1.96. The van der Waals surface area contributed by atoms with Gasteiger partial charge in [0.1, 0.15) is 5.01 Å². The Labute approximate surface area is 121 Å². The zero-order valence-corrected chi connectivity index (χ0v) is 12.6. The van der Waals surface area contributed by atoms with Crippen LogP contribution in [0.1, 0.15) is 19.5 Å². The summed E-state index contributed by atoms with van der Waals surface area (Å²) in [6.07, 6.45) is 0. The van der Waals surface area contributed by atoms with Crippen molar-refractivity contribution in [1.29, 1.82) is 0 Å². The van der Waals surface area contributed by atoms with Gasteiger partial charge in [0.05, 0.1) is 5.69 Å². The molecule has 0 aliphatic carbocycles. The first-order valence-electron chi connectivity index (χ1n) is 6.38. The van der Waals surface area contributed by atoms with Crippen molar-refractivity contribution in [2.24, 2.45) is 0 Å². The van der Waals surface area contributed by atoms with Crippen LogP contribution < -0.4 is 5.32 Å². The van der Waals surface area contributed by atoms with Gasteiger partial charge in [-0.15, -0.1) is 22.7 Å². The summed E-state index contributed by atoms with van der Waals surface area (Å²) in [4.78, 5) is 4.74. The lowest BCUT2D eigenvalue weighted by atomic mass is 10.2. The average molecular weight is 288 g/mol. The predicted molar refractivity (Wildman–Crippen MR) is 84.9 cm³/mol. The Kier molecular flexibility index (Phi) is 3.64. The normalized spacial score (nSPS) is 11.5. The Morgan fingerprint density at radius 3 is 2.84 bits per heavy atom. The van der Waals surface area contributed by atoms with Gasteiger partial charge in [0.25, 0.3) is 0 Å². The molecule has 0 aliphatic heterocycles. The van der Waals surface area contributed by atoms with E-state index >= 15 is 0 Å². The highest BCUT2D eigenvalue weighted by Gasteiger charge is 2.10. The van der Waals surface area contributed by atoms with Crippen molar-refractivity contribution in [1.82, 2.24) is 10.3 Å². The molecule has 19 heavy (non-hydrogen) atoms. The smallest absolute Gasteiger partial charge is 0.125 e. The Morgan fingerprint density at radius 1 is 1.16 bits per heavy atom. The quantitative estimate of drug-likeness (QED) is 0.763. The number of thiazole rings is 1. The summed E-state index contributed by atoms with van der Waals surface area (Å²) >= 11 is 3.52. The Bertz CT molecular complexity index is 682. The fourth-order valence-corrected chi connectivity index (χ4v) is 3.83. The minimum absolute atomic E-state index is 0.493. The van der Waals surface area contributed by atoms with Crippen LogP contribution in [0, 0.1) is 0 Å². The summed E-state index contributed by atoms with van der Waals surface area (Å²) in [5.74, 6) is 0. The van der Waals surface area contributed by atoms with E-state index in [-0.39, 0.29) is 0 Å². The first-order valence-corrected chi connectivity index (χ1v) is 8.14. The van der Waals surface area contributed by atoms with Crippen LogP contribution in [0.15, 0.2) is 35.0 Å². The van der Waals surface area contributed by atoms with Crippen LogP contribution in [-0.4, -0.2) is 11.0 Å². The molecule has 0 atom stereocenters. The third-order valence-electron chi connectivity index (χ3n) is 2.95. The van der Waals surface area contributed by atoms with Crippen molar-refractivity contribution in [3.05, 3.63) is 40.7 Å². The molecule has 0 radical (unpaired) electrons. The lowest BCUT2D eigenvalue weighted by molar-refractivity contribution is 0.583. The monoisotopic (exact) mass is 288 g/mol. The molecule has 2 nitrogen and oxygen atoms in total. The van der Waals surface area contributed by atoms with E-state index in [9.17, 15) is 0 Å². The fraction of sp³-hybridized carbons (Fsp3) is 0.267. The number of aromatic nitrogens is 1. The molecule has 0 saturated carbocycles. The second kappa shape index (κ2) is 5.41. The van der Waals surface area contributed by atoms with E-state index < -0.39 is 0 Å². The van der Waals surface area contributed by atoms with Crippen LogP contribution >= 0.6 is 22.7 Å². The van der Waals surface area contributed by atoms with Gasteiger partial charge in [-0.1, -0.05) is 32.0 Å². The number of hydrogen-bond donors (Lipinski definition) is 1. The van der Waals surface area contributed by atoms with E-state index in [0.29, 0.717) is 6.04 Å². The van der Waals surface area contributed by atoms with Gasteiger partial charge in [-0.25, -0.2) is 4.98 Å². The molecule has 2 aromatic heterocycles. The molecule has 3 aromatic rings. The summed E-state index contributed by atoms with van der Waals surface area (Å²) in [5.41, 5.74) is 2.39. The zero-order chi connectivity index (χ0) is 13.2. The second-order valence-electron chi connectivity index (χ2n) is 4.83. The molecule has 0 spiro atoms. The minimum Gasteiger partial charge on any atom is -0.309 e. The first kappa shape index (κ1) is 12.8. The van der Waals surface area contributed by atoms with Gasteiger partial charge < -0.3 is 5.32 Å². The van der Waals surface area contributed by atoms with E-state index in [1.165, 1.54) is 15.6 Å². The molecule has 0 aliphatic rings. The molecular formula is C15H16N2S2. The minimum atomic E-state index is 0.493. The number of benzene rings is 1. The maximum absolute atomic E-state index is 4.74. The largest absolute Gasteiger partial charge is 0.309 e. The van der Waals surface area contributed by atoms with Gasteiger partial charge in [0, 0.05) is 39.0 Å². The number of fused-ring (bicyclic) bond motifs is 1. The van der Waals surface area contributed by atoms with Gasteiger partial charge in [0.2, 0.25) is 0 Å². The zero-order valence-electron chi connectivity index (χ0n) is 11.0. The molecule has 0 unspecified atom stereocenters. The molecule has 3 rings (SSSR count). The van der Waals surface area contributed by atoms with E-state index in [1.807, 2.05) is 0 Å². The number of rotatable bonds is 4. The number of nitrogens with zero attached hydrogens (tertiary/aromatic N) is 1. The van der Waals surface area contributed by atoms with Crippen LogP contribution in [0.3, 0.4) is 0 Å². The average Bonchev–Trinajstić information content (AvgIpc) is 3.02. The SMILES string of the molecule is CC(C)NCc1csc(-c2csc3ccccc23)n1. The molecule has 1 N–H and O–H groups in total. The molecule has 0 fully saturated rings. The summed E-state index contributed by atoms with van der Waals surface area (Å²) < 4.78 is 1.33. The van der Waals surface area contributed by atoms with Crippen molar-refractivity contribution < 1.29 is 0 Å². The Hall–Kier alpha value is -1.23. The van der Waals surface area contributed by atoms with Gasteiger partial charge in [0.15, 0.2) is 0 Å². The molecule has 0 bridgehead atoms. The van der Waals surface area contributed by atoms with Crippen LogP contribution in [0.2, 0.25) is 0 Å². The molecule has 98 valence electrons. The molecule has 2 heterocycles.